The van der Waals surface area contributed by atoms with Crippen molar-refractivity contribution in [3.05, 3.63) is 11.5 Å². The normalized spacial score (nSPS) is 8.18. The minimum Gasteiger partial charge on any atom is -0.677 e. The molecule has 0 rings (SSSR count). The second-order valence-corrected chi connectivity index (χ2v) is 2.27. The number of hydrogen-bond donors (Lipinski definition) is 0. The van der Waals surface area contributed by atoms with Crippen LogP contribution in [-0.4, -0.2) is 13.1 Å². The van der Waals surface area contributed by atoms with Crippen LogP contribution in [-0.2, 0) is 65.4 Å². The predicted octanol–water partition coefficient (Wildman–Crippen LogP) is 3.04. The van der Waals surface area contributed by atoms with Crippen LogP contribution in [0.3, 0.4) is 0 Å². The summed E-state index contributed by atoms with van der Waals surface area (Å²) in [4.78, 5) is 0. The third-order valence-electron chi connectivity index (χ3n) is 1.35. The Kier molecular flexibility index (Phi) is 30.8. The Bertz CT molecular complexity index is 47.7. The summed E-state index contributed by atoms with van der Waals surface area (Å²) in [5, 5.41) is 0. The Labute approximate surface area is 120 Å². The van der Waals surface area contributed by atoms with Gasteiger partial charge in [0.05, 0.1) is 0 Å². The monoisotopic (exact) mass is 306 g/mol. The number of rotatable bonds is 6. The van der Waals surface area contributed by atoms with E-state index in [1.165, 1.54) is 19.3 Å². The summed E-state index contributed by atoms with van der Waals surface area (Å²) < 4.78 is 0. The fraction of sp³-hybridized carbons (Fsp3) is 1.00. The largest absolute Gasteiger partial charge is 0.677 e. The van der Waals surface area contributed by atoms with E-state index in [1.807, 2.05) is 0 Å². The SMILES string of the molecule is [NH-]CCCCCCC[NH-].[Y].[Y]. The van der Waals surface area contributed by atoms with E-state index >= 15 is 0 Å². The molecule has 0 aromatic rings. The predicted molar refractivity (Wildman–Crippen MR) is 41.5 cm³/mol. The van der Waals surface area contributed by atoms with Crippen LogP contribution in [0.2, 0.25) is 0 Å². The van der Waals surface area contributed by atoms with Gasteiger partial charge in [-0.15, -0.1) is 0 Å². The standard InChI is InChI=1S/C7H16N2.2Y/c8-6-4-2-1-3-5-7-9;;/h8-9H,1-7H2;;/q-2;;. The molecular formula is C7H16N2Y2-2. The van der Waals surface area contributed by atoms with Gasteiger partial charge < -0.3 is 11.5 Å². The molecule has 0 atom stereocenters. The van der Waals surface area contributed by atoms with Crippen molar-refractivity contribution >= 4 is 0 Å². The Morgan fingerprint density at radius 1 is 0.545 bits per heavy atom. The van der Waals surface area contributed by atoms with E-state index in [9.17, 15) is 0 Å². The van der Waals surface area contributed by atoms with Crippen molar-refractivity contribution in [1.82, 2.24) is 0 Å². The number of unbranched alkanes of at least 4 members (excludes halogenated alkanes) is 4. The first-order chi connectivity index (χ1) is 4.41. The van der Waals surface area contributed by atoms with Crippen molar-refractivity contribution < 1.29 is 65.4 Å². The average molecular weight is 306 g/mol. The van der Waals surface area contributed by atoms with Crippen molar-refractivity contribution in [2.75, 3.05) is 13.1 Å². The van der Waals surface area contributed by atoms with Crippen LogP contribution in [0.25, 0.3) is 11.5 Å². The minimum atomic E-state index is 0. The Hall–Kier alpha value is 2.13. The average Bonchev–Trinajstić information content (AvgIpc) is 1.89. The van der Waals surface area contributed by atoms with Crippen LogP contribution in [0.15, 0.2) is 0 Å². The Morgan fingerprint density at radius 3 is 1.09 bits per heavy atom. The second-order valence-electron chi connectivity index (χ2n) is 2.27. The van der Waals surface area contributed by atoms with Gasteiger partial charge in [-0.2, -0.15) is 13.1 Å². The van der Waals surface area contributed by atoms with E-state index in [0.717, 1.165) is 12.8 Å². The van der Waals surface area contributed by atoms with Gasteiger partial charge in [0.1, 0.15) is 0 Å². The van der Waals surface area contributed by atoms with Gasteiger partial charge in [-0.25, -0.2) is 0 Å². The minimum absolute atomic E-state index is 0. The summed E-state index contributed by atoms with van der Waals surface area (Å²) in [5.74, 6) is 0. The number of hydrogen-bond acceptors (Lipinski definition) is 0. The molecule has 0 fully saturated rings. The number of nitrogens with one attached hydrogen (secondary N) is 2. The van der Waals surface area contributed by atoms with E-state index < -0.39 is 0 Å². The van der Waals surface area contributed by atoms with Gasteiger partial charge in [-0.05, 0) is 0 Å². The smallest absolute Gasteiger partial charge is 0 e. The van der Waals surface area contributed by atoms with E-state index in [1.54, 1.807) is 0 Å². The van der Waals surface area contributed by atoms with E-state index in [4.69, 9.17) is 11.5 Å². The molecule has 0 aliphatic heterocycles. The van der Waals surface area contributed by atoms with Gasteiger partial charge in [0.2, 0.25) is 0 Å². The van der Waals surface area contributed by atoms with Gasteiger partial charge in [-0.3, -0.25) is 0 Å². The van der Waals surface area contributed by atoms with Crippen molar-refractivity contribution in [2.45, 2.75) is 32.1 Å². The molecule has 0 saturated heterocycles. The summed E-state index contributed by atoms with van der Waals surface area (Å²) in [6.45, 7) is 1.14. The molecule has 0 bridgehead atoms. The molecule has 11 heavy (non-hydrogen) atoms. The molecule has 0 saturated carbocycles. The summed E-state index contributed by atoms with van der Waals surface area (Å²) >= 11 is 0. The first-order valence-corrected chi connectivity index (χ1v) is 3.71. The van der Waals surface area contributed by atoms with Crippen molar-refractivity contribution in [3.8, 4) is 0 Å². The molecule has 2 radical (unpaired) electrons. The van der Waals surface area contributed by atoms with Gasteiger partial charge in [-0.1, -0.05) is 32.1 Å². The molecule has 4 heteroatoms. The van der Waals surface area contributed by atoms with Crippen molar-refractivity contribution in [3.63, 3.8) is 0 Å². The molecule has 0 amide bonds. The summed E-state index contributed by atoms with van der Waals surface area (Å²) in [7, 11) is 0. The molecule has 0 aromatic carbocycles. The molecule has 0 spiro atoms. The van der Waals surface area contributed by atoms with E-state index in [2.05, 4.69) is 0 Å². The zero-order valence-corrected chi connectivity index (χ0v) is 12.8. The van der Waals surface area contributed by atoms with Gasteiger partial charge in [0, 0.05) is 65.4 Å². The van der Waals surface area contributed by atoms with Gasteiger partial charge in [0.15, 0.2) is 0 Å². The third-order valence-corrected chi connectivity index (χ3v) is 1.35. The van der Waals surface area contributed by atoms with Crippen LogP contribution < -0.4 is 0 Å². The van der Waals surface area contributed by atoms with Crippen LogP contribution in [0.4, 0.5) is 0 Å². The van der Waals surface area contributed by atoms with Crippen molar-refractivity contribution in [1.29, 1.82) is 0 Å². The summed E-state index contributed by atoms with van der Waals surface area (Å²) in [6.07, 6.45) is 5.67. The fourth-order valence-electron chi connectivity index (χ4n) is 0.780. The Balaban J connectivity index is -0.000000320. The molecule has 62 valence electrons. The fourth-order valence-corrected chi connectivity index (χ4v) is 0.780. The van der Waals surface area contributed by atoms with Gasteiger partial charge >= 0.3 is 0 Å². The third kappa shape index (κ3) is 18.8. The molecule has 0 unspecified atom stereocenters. The molecule has 2 nitrogen and oxygen atoms in total. The van der Waals surface area contributed by atoms with Crippen LogP contribution in [0, 0.1) is 0 Å². The summed E-state index contributed by atoms with van der Waals surface area (Å²) in [5.41, 5.74) is 13.7. The molecule has 0 aromatic heterocycles. The van der Waals surface area contributed by atoms with Gasteiger partial charge in [0.25, 0.3) is 0 Å². The maximum atomic E-state index is 6.85. The first-order valence-electron chi connectivity index (χ1n) is 3.71. The second kappa shape index (κ2) is 18.0. The van der Waals surface area contributed by atoms with Crippen molar-refractivity contribution in [2.24, 2.45) is 0 Å². The zero-order valence-electron chi connectivity index (χ0n) is 7.10. The van der Waals surface area contributed by atoms with Crippen LogP contribution in [0.1, 0.15) is 32.1 Å². The zero-order chi connectivity index (χ0) is 6.95. The van der Waals surface area contributed by atoms with E-state index in [0.29, 0.717) is 13.1 Å². The molecular weight excluding hydrogens is 290 g/mol. The Morgan fingerprint density at radius 2 is 0.818 bits per heavy atom. The first kappa shape index (κ1) is 18.8. The molecule has 0 aliphatic rings. The summed E-state index contributed by atoms with van der Waals surface area (Å²) in [6, 6.07) is 0. The van der Waals surface area contributed by atoms with Crippen LogP contribution >= 0.6 is 0 Å². The molecule has 0 heterocycles. The maximum absolute atomic E-state index is 6.85. The maximum Gasteiger partial charge on any atom is 0 e. The molecule has 0 aliphatic carbocycles. The van der Waals surface area contributed by atoms with E-state index in [-0.39, 0.29) is 65.4 Å². The quantitative estimate of drug-likeness (QED) is 0.677. The molecule has 2 N–H and O–H groups in total. The van der Waals surface area contributed by atoms with Crippen LogP contribution in [0.5, 0.6) is 0 Å². The topological polar surface area (TPSA) is 47.6 Å².